The average molecular weight is 264 g/mol. The van der Waals surface area contributed by atoms with Gasteiger partial charge in [0.1, 0.15) is 0 Å². The first-order valence-electron chi connectivity index (χ1n) is 7.75. The molecule has 0 aromatic rings. The summed E-state index contributed by atoms with van der Waals surface area (Å²) in [6.07, 6.45) is 12.6. The highest BCUT2D eigenvalue weighted by Crippen LogP contribution is 2.61. The van der Waals surface area contributed by atoms with Crippen molar-refractivity contribution in [2.75, 3.05) is 7.11 Å². The summed E-state index contributed by atoms with van der Waals surface area (Å²) in [5.41, 5.74) is 0.626. The van der Waals surface area contributed by atoms with Crippen LogP contribution in [-0.4, -0.2) is 13.1 Å². The molecule has 0 amide bonds. The van der Waals surface area contributed by atoms with Crippen LogP contribution in [0, 0.1) is 23.2 Å². The van der Waals surface area contributed by atoms with Gasteiger partial charge in [-0.1, -0.05) is 26.0 Å². The lowest BCUT2D eigenvalue weighted by atomic mass is 9.46. The van der Waals surface area contributed by atoms with E-state index in [0.717, 1.165) is 30.6 Å². The molecule has 0 N–H and O–H groups in total. The molecule has 3 aliphatic carbocycles. The fourth-order valence-corrected chi connectivity index (χ4v) is 3.89. The second-order valence-electron chi connectivity index (χ2n) is 6.96. The number of methoxy groups -OCH3 is 1. The molecular formula is C17H28O2. The zero-order chi connectivity index (χ0) is 13.9. The molecule has 19 heavy (non-hydrogen) atoms. The minimum atomic E-state index is -0.0944. The number of unbranched alkanes of at least 4 members (excludes halogenated alkanes) is 1. The van der Waals surface area contributed by atoms with E-state index >= 15 is 0 Å². The summed E-state index contributed by atoms with van der Waals surface area (Å²) < 4.78 is 4.63. The van der Waals surface area contributed by atoms with Crippen molar-refractivity contribution in [2.45, 2.75) is 58.8 Å². The Morgan fingerprint density at radius 3 is 2.47 bits per heavy atom. The lowest BCUT2D eigenvalue weighted by Gasteiger charge is -2.59. The van der Waals surface area contributed by atoms with Gasteiger partial charge in [0.2, 0.25) is 0 Å². The lowest BCUT2D eigenvalue weighted by molar-refractivity contribution is -0.140. The Hall–Kier alpha value is -0.790. The van der Waals surface area contributed by atoms with Gasteiger partial charge >= 0.3 is 5.97 Å². The van der Waals surface area contributed by atoms with E-state index in [9.17, 15) is 4.79 Å². The summed E-state index contributed by atoms with van der Waals surface area (Å²) in [6.45, 7) is 4.90. The molecule has 0 aromatic heterocycles. The van der Waals surface area contributed by atoms with Gasteiger partial charge in [-0.3, -0.25) is 4.79 Å². The molecule has 3 atom stereocenters. The SMILES string of the molecule is COC(=O)CCC/C=C\CC1C[C@@H]2C[C@H](C1)C2(C)C. The van der Waals surface area contributed by atoms with Crippen molar-refractivity contribution in [1.29, 1.82) is 0 Å². The zero-order valence-corrected chi connectivity index (χ0v) is 12.7. The van der Waals surface area contributed by atoms with E-state index in [-0.39, 0.29) is 5.97 Å². The average Bonchev–Trinajstić information content (AvgIpc) is 2.42. The molecule has 0 spiro atoms. The number of rotatable bonds is 6. The molecule has 1 unspecified atom stereocenters. The molecule has 2 bridgehead atoms. The molecule has 3 aliphatic rings. The van der Waals surface area contributed by atoms with Gasteiger partial charge in [0, 0.05) is 6.42 Å². The van der Waals surface area contributed by atoms with Crippen molar-refractivity contribution in [3.8, 4) is 0 Å². The van der Waals surface area contributed by atoms with Crippen LogP contribution in [0.4, 0.5) is 0 Å². The summed E-state index contributed by atoms with van der Waals surface area (Å²) in [5, 5.41) is 0. The Morgan fingerprint density at radius 2 is 1.89 bits per heavy atom. The minimum absolute atomic E-state index is 0.0944. The van der Waals surface area contributed by atoms with E-state index < -0.39 is 0 Å². The van der Waals surface area contributed by atoms with Crippen LogP contribution in [0.1, 0.15) is 58.8 Å². The number of ether oxygens (including phenoxy) is 1. The van der Waals surface area contributed by atoms with Gasteiger partial charge in [0.25, 0.3) is 0 Å². The fourth-order valence-electron chi connectivity index (χ4n) is 3.89. The normalized spacial score (nSPS) is 32.1. The summed E-state index contributed by atoms with van der Waals surface area (Å²) in [4.78, 5) is 10.9. The topological polar surface area (TPSA) is 26.3 Å². The molecule has 2 nitrogen and oxygen atoms in total. The van der Waals surface area contributed by atoms with Crippen molar-refractivity contribution in [2.24, 2.45) is 23.2 Å². The van der Waals surface area contributed by atoms with Crippen LogP contribution in [0.3, 0.4) is 0 Å². The van der Waals surface area contributed by atoms with E-state index in [4.69, 9.17) is 0 Å². The number of allylic oxidation sites excluding steroid dienone is 2. The highest BCUT2D eigenvalue weighted by atomic mass is 16.5. The maximum atomic E-state index is 10.9. The van der Waals surface area contributed by atoms with Crippen LogP contribution in [-0.2, 0) is 9.53 Å². The summed E-state index contributed by atoms with van der Waals surface area (Å²) in [5.74, 6) is 2.77. The lowest BCUT2D eigenvalue weighted by Crippen LogP contribution is -2.50. The Kier molecular flexibility index (Phi) is 4.70. The molecule has 108 valence electrons. The van der Waals surface area contributed by atoms with Crippen molar-refractivity contribution in [3.63, 3.8) is 0 Å². The van der Waals surface area contributed by atoms with Crippen LogP contribution < -0.4 is 0 Å². The van der Waals surface area contributed by atoms with Crippen LogP contribution in [0.5, 0.6) is 0 Å². The van der Waals surface area contributed by atoms with Gasteiger partial charge in [-0.2, -0.15) is 0 Å². The predicted molar refractivity (Wildman–Crippen MR) is 77.7 cm³/mol. The fraction of sp³-hybridized carbons (Fsp3) is 0.824. The molecular weight excluding hydrogens is 236 g/mol. The molecule has 3 fully saturated rings. The van der Waals surface area contributed by atoms with Crippen molar-refractivity contribution < 1.29 is 9.53 Å². The largest absolute Gasteiger partial charge is 0.469 e. The second-order valence-corrected chi connectivity index (χ2v) is 6.96. The molecule has 0 aliphatic heterocycles. The first kappa shape index (κ1) is 14.6. The Labute approximate surface area is 117 Å². The highest BCUT2D eigenvalue weighted by Gasteiger charge is 2.52. The van der Waals surface area contributed by atoms with Gasteiger partial charge in [-0.15, -0.1) is 0 Å². The molecule has 0 radical (unpaired) electrons. The Morgan fingerprint density at radius 1 is 1.21 bits per heavy atom. The van der Waals surface area contributed by atoms with Crippen molar-refractivity contribution in [3.05, 3.63) is 12.2 Å². The van der Waals surface area contributed by atoms with Crippen LogP contribution in [0.25, 0.3) is 0 Å². The maximum Gasteiger partial charge on any atom is 0.305 e. The summed E-state index contributed by atoms with van der Waals surface area (Å²) in [6, 6.07) is 0. The predicted octanol–water partition coefficient (Wildman–Crippen LogP) is 4.35. The van der Waals surface area contributed by atoms with Crippen molar-refractivity contribution in [1.82, 2.24) is 0 Å². The second kappa shape index (κ2) is 6.11. The smallest absolute Gasteiger partial charge is 0.305 e. The number of carbonyl (C=O) groups excluding carboxylic acids is 1. The standard InChI is InChI=1S/C17H28O2/c1-17(2)14-10-13(11-15(17)12-14)8-6-4-5-7-9-16(18)19-3/h4,6,13-15H,5,7-12H2,1-3H3/b6-4-/t13?,14-,15+. The zero-order valence-electron chi connectivity index (χ0n) is 12.7. The van der Waals surface area contributed by atoms with E-state index in [0.29, 0.717) is 11.8 Å². The van der Waals surface area contributed by atoms with Gasteiger partial charge in [0.05, 0.1) is 7.11 Å². The van der Waals surface area contributed by atoms with Crippen LogP contribution >= 0.6 is 0 Å². The van der Waals surface area contributed by atoms with E-state index in [1.807, 2.05) is 0 Å². The molecule has 3 rings (SSSR count). The molecule has 0 saturated heterocycles. The Bertz CT molecular complexity index is 329. The third-order valence-electron chi connectivity index (χ3n) is 5.52. The number of esters is 1. The van der Waals surface area contributed by atoms with Gasteiger partial charge in [-0.25, -0.2) is 0 Å². The molecule has 0 heterocycles. The van der Waals surface area contributed by atoms with E-state index in [1.165, 1.54) is 32.8 Å². The highest BCUT2D eigenvalue weighted by molar-refractivity contribution is 5.68. The quantitative estimate of drug-likeness (QED) is 0.405. The minimum Gasteiger partial charge on any atom is -0.469 e. The summed E-state index contributed by atoms with van der Waals surface area (Å²) in [7, 11) is 1.45. The van der Waals surface area contributed by atoms with Gasteiger partial charge in [-0.05, 0) is 61.7 Å². The number of fused-ring (bicyclic) bond motifs is 2. The first-order chi connectivity index (χ1) is 9.04. The molecule has 0 aromatic carbocycles. The first-order valence-corrected chi connectivity index (χ1v) is 7.75. The Balaban J connectivity index is 1.58. The van der Waals surface area contributed by atoms with Gasteiger partial charge < -0.3 is 4.74 Å². The number of carbonyl (C=O) groups is 1. The molecule has 2 heteroatoms. The number of hydrogen-bond acceptors (Lipinski definition) is 2. The van der Waals surface area contributed by atoms with E-state index in [2.05, 4.69) is 30.7 Å². The third kappa shape index (κ3) is 3.40. The van der Waals surface area contributed by atoms with Crippen LogP contribution in [0.15, 0.2) is 12.2 Å². The monoisotopic (exact) mass is 264 g/mol. The van der Waals surface area contributed by atoms with E-state index in [1.54, 1.807) is 0 Å². The van der Waals surface area contributed by atoms with Crippen molar-refractivity contribution >= 4 is 5.97 Å². The van der Waals surface area contributed by atoms with Gasteiger partial charge in [0.15, 0.2) is 0 Å². The third-order valence-corrected chi connectivity index (χ3v) is 5.52. The molecule has 3 saturated carbocycles. The number of hydrogen-bond donors (Lipinski definition) is 0. The maximum absolute atomic E-state index is 10.9. The van der Waals surface area contributed by atoms with Crippen LogP contribution in [0.2, 0.25) is 0 Å². The summed E-state index contributed by atoms with van der Waals surface area (Å²) >= 11 is 0.